The van der Waals surface area contributed by atoms with E-state index in [2.05, 4.69) is 35.7 Å². The number of hydrogen-bond donors (Lipinski definition) is 1. The third-order valence-corrected chi connectivity index (χ3v) is 3.94. The van der Waals surface area contributed by atoms with Crippen LogP contribution in [0, 0.1) is 6.92 Å². The number of likely N-dealkylation sites (N-methyl/N-ethyl adjacent to an activating group) is 1. The van der Waals surface area contributed by atoms with E-state index in [1.54, 1.807) is 19.1 Å². The standard InChI is InChI=1S/C14H21N3O2/c1-10-11(13(18)19)5-6-12(15-10)17-8-7-16(4)14(2,3)9-17/h5-6H,7-9H2,1-4H3,(H,18,19). The minimum Gasteiger partial charge on any atom is -0.478 e. The molecule has 1 aliphatic heterocycles. The van der Waals surface area contributed by atoms with Crippen molar-refractivity contribution in [3.05, 3.63) is 23.4 Å². The van der Waals surface area contributed by atoms with Crippen LogP contribution in [0.5, 0.6) is 0 Å². The van der Waals surface area contributed by atoms with Gasteiger partial charge in [-0.15, -0.1) is 0 Å². The van der Waals surface area contributed by atoms with Gasteiger partial charge in [0.05, 0.1) is 11.3 Å². The van der Waals surface area contributed by atoms with Gasteiger partial charge in [0, 0.05) is 25.2 Å². The molecule has 0 aliphatic carbocycles. The van der Waals surface area contributed by atoms with Crippen LogP contribution in [0.2, 0.25) is 0 Å². The van der Waals surface area contributed by atoms with Crippen molar-refractivity contribution in [2.75, 3.05) is 31.6 Å². The maximum atomic E-state index is 11.0. The molecular formula is C14H21N3O2. The van der Waals surface area contributed by atoms with Crippen molar-refractivity contribution < 1.29 is 9.90 Å². The Morgan fingerprint density at radius 3 is 2.58 bits per heavy atom. The van der Waals surface area contributed by atoms with E-state index in [4.69, 9.17) is 5.11 Å². The Bertz CT molecular complexity index is 499. The summed E-state index contributed by atoms with van der Waals surface area (Å²) in [6.45, 7) is 8.94. The molecule has 1 aromatic heterocycles. The zero-order chi connectivity index (χ0) is 14.2. The van der Waals surface area contributed by atoms with Crippen molar-refractivity contribution in [3.8, 4) is 0 Å². The minimum atomic E-state index is -0.921. The van der Waals surface area contributed by atoms with E-state index in [9.17, 15) is 4.79 Å². The number of pyridine rings is 1. The predicted molar refractivity (Wildman–Crippen MR) is 74.9 cm³/mol. The monoisotopic (exact) mass is 263 g/mol. The van der Waals surface area contributed by atoms with Crippen LogP contribution in [0.1, 0.15) is 29.9 Å². The van der Waals surface area contributed by atoms with E-state index in [0.717, 1.165) is 25.5 Å². The fourth-order valence-corrected chi connectivity index (χ4v) is 2.39. The number of aromatic nitrogens is 1. The Balaban J connectivity index is 2.24. The molecule has 2 heterocycles. The maximum absolute atomic E-state index is 11.0. The van der Waals surface area contributed by atoms with Crippen LogP contribution >= 0.6 is 0 Å². The second-order valence-corrected chi connectivity index (χ2v) is 5.76. The van der Waals surface area contributed by atoms with Crippen LogP contribution in [-0.4, -0.2) is 53.2 Å². The molecule has 1 aliphatic rings. The molecular weight excluding hydrogens is 242 g/mol. The summed E-state index contributed by atoms with van der Waals surface area (Å²) in [5.74, 6) is -0.0565. The summed E-state index contributed by atoms with van der Waals surface area (Å²) in [7, 11) is 2.13. The van der Waals surface area contributed by atoms with Crippen LogP contribution < -0.4 is 4.90 Å². The first-order chi connectivity index (χ1) is 8.81. The smallest absolute Gasteiger partial charge is 0.337 e. The van der Waals surface area contributed by atoms with Crippen molar-refractivity contribution >= 4 is 11.8 Å². The van der Waals surface area contributed by atoms with Gasteiger partial charge in [-0.25, -0.2) is 9.78 Å². The molecule has 0 atom stereocenters. The van der Waals surface area contributed by atoms with Gasteiger partial charge < -0.3 is 10.0 Å². The lowest BCUT2D eigenvalue weighted by Gasteiger charge is -2.45. The Labute approximate surface area is 113 Å². The molecule has 1 aromatic rings. The average Bonchev–Trinajstić information content (AvgIpc) is 2.32. The second-order valence-electron chi connectivity index (χ2n) is 5.76. The molecule has 0 bridgehead atoms. The number of aryl methyl sites for hydroxylation is 1. The normalized spacial score (nSPS) is 19.5. The highest BCUT2D eigenvalue weighted by molar-refractivity contribution is 5.89. The Morgan fingerprint density at radius 1 is 1.37 bits per heavy atom. The molecule has 5 heteroatoms. The van der Waals surface area contributed by atoms with E-state index in [1.165, 1.54) is 0 Å². The predicted octanol–water partition coefficient (Wildman–Crippen LogP) is 1.62. The van der Waals surface area contributed by atoms with Gasteiger partial charge >= 0.3 is 5.97 Å². The molecule has 0 amide bonds. The second kappa shape index (κ2) is 4.81. The number of rotatable bonds is 2. The van der Waals surface area contributed by atoms with Gasteiger partial charge in [0.2, 0.25) is 0 Å². The van der Waals surface area contributed by atoms with Gasteiger partial charge in [-0.2, -0.15) is 0 Å². The topological polar surface area (TPSA) is 56.7 Å². The lowest BCUT2D eigenvalue weighted by atomic mass is 10.00. The van der Waals surface area contributed by atoms with E-state index >= 15 is 0 Å². The molecule has 104 valence electrons. The van der Waals surface area contributed by atoms with Crippen LogP contribution in [0.4, 0.5) is 5.82 Å². The fraction of sp³-hybridized carbons (Fsp3) is 0.571. The lowest BCUT2D eigenvalue weighted by Crippen LogP contribution is -2.57. The Hall–Kier alpha value is -1.62. The highest BCUT2D eigenvalue weighted by atomic mass is 16.4. The SMILES string of the molecule is Cc1nc(N2CCN(C)C(C)(C)C2)ccc1C(=O)O. The number of piperazine rings is 1. The molecule has 0 saturated carbocycles. The maximum Gasteiger partial charge on any atom is 0.337 e. The van der Waals surface area contributed by atoms with Crippen LogP contribution in [-0.2, 0) is 0 Å². The first kappa shape index (κ1) is 13.8. The molecule has 1 N–H and O–H groups in total. The molecule has 0 aromatic carbocycles. The lowest BCUT2D eigenvalue weighted by molar-refractivity contribution is 0.0695. The quantitative estimate of drug-likeness (QED) is 0.878. The van der Waals surface area contributed by atoms with Crippen LogP contribution in [0.25, 0.3) is 0 Å². The number of carboxylic acids is 1. The Kier molecular flexibility index (Phi) is 3.49. The van der Waals surface area contributed by atoms with E-state index in [1.807, 2.05) is 0 Å². The molecule has 5 nitrogen and oxygen atoms in total. The van der Waals surface area contributed by atoms with Gasteiger partial charge in [-0.1, -0.05) is 0 Å². The number of hydrogen-bond acceptors (Lipinski definition) is 4. The van der Waals surface area contributed by atoms with Crippen molar-refractivity contribution in [1.29, 1.82) is 0 Å². The minimum absolute atomic E-state index is 0.0965. The molecule has 2 rings (SSSR count). The molecule has 1 saturated heterocycles. The number of carbonyl (C=O) groups is 1. The summed E-state index contributed by atoms with van der Waals surface area (Å²) in [6, 6.07) is 3.45. The molecule has 1 fully saturated rings. The summed E-state index contributed by atoms with van der Waals surface area (Å²) >= 11 is 0. The van der Waals surface area contributed by atoms with Gasteiger partial charge in [0.1, 0.15) is 5.82 Å². The zero-order valence-corrected chi connectivity index (χ0v) is 12.0. The summed E-state index contributed by atoms with van der Waals surface area (Å²) in [5.41, 5.74) is 0.943. The number of anilines is 1. The van der Waals surface area contributed by atoms with Crippen molar-refractivity contribution in [2.24, 2.45) is 0 Å². The molecule has 19 heavy (non-hydrogen) atoms. The Morgan fingerprint density at radius 2 is 2.05 bits per heavy atom. The van der Waals surface area contributed by atoms with Gasteiger partial charge in [-0.05, 0) is 40.0 Å². The molecule has 0 spiro atoms. The van der Waals surface area contributed by atoms with Gasteiger partial charge in [0.15, 0.2) is 0 Å². The summed E-state index contributed by atoms with van der Waals surface area (Å²) in [6.07, 6.45) is 0. The zero-order valence-electron chi connectivity index (χ0n) is 12.0. The molecule has 0 radical (unpaired) electrons. The highest BCUT2D eigenvalue weighted by Gasteiger charge is 2.31. The first-order valence-corrected chi connectivity index (χ1v) is 6.48. The van der Waals surface area contributed by atoms with Crippen molar-refractivity contribution in [2.45, 2.75) is 26.3 Å². The van der Waals surface area contributed by atoms with E-state index in [0.29, 0.717) is 5.69 Å². The fourth-order valence-electron chi connectivity index (χ4n) is 2.39. The average molecular weight is 263 g/mol. The number of nitrogens with zero attached hydrogens (tertiary/aromatic N) is 3. The van der Waals surface area contributed by atoms with E-state index in [-0.39, 0.29) is 11.1 Å². The third-order valence-electron chi connectivity index (χ3n) is 3.94. The summed E-state index contributed by atoms with van der Waals surface area (Å²) in [5, 5.41) is 9.02. The van der Waals surface area contributed by atoms with Crippen LogP contribution in [0.15, 0.2) is 12.1 Å². The van der Waals surface area contributed by atoms with E-state index < -0.39 is 5.97 Å². The first-order valence-electron chi connectivity index (χ1n) is 6.48. The number of carboxylic acid groups (broad SMARTS) is 1. The van der Waals surface area contributed by atoms with Crippen molar-refractivity contribution in [3.63, 3.8) is 0 Å². The number of aromatic carboxylic acids is 1. The summed E-state index contributed by atoms with van der Waals surface area (Å²) < 4.78 is 0. The largest absolute Gasteiger partial charge is 0.478 e. The highest BCUT2D eigenvalue weighted by Crippen LogP contribution is 2.23. The summed E-state index contributed by atoms with van der Waals surface area (Å²) in [4.78, 5) is 20.0. The third kappa shape index (κ3) is 2.71. The molecule has 0 unspecified atom stereocenters. The van der Waals surface area contributed by atoms with Gasteiger partial charge in [-0.3, -0.25) is 4.90 Å². The van der Waals surface area contributed by atoms with Gasteiger partial charge in [0.25, 0.3) is 0 Å². The van der Waals surface area contributed by atoms with Crippen LogP contribution in [0.3, 0.4) is 0 Å². The van der Waals surface area contributed by atoms with Crippen molar-refractivity contribution in [1.82, 2.24) is 9.88 Å².